The molecule has 0 saturated heterocycles. The Balaban J connectivity index is 1.61. The number of aliphatic hydroxyl groups is 1. The Hall–Kier alpha value is -0.900. The molecule has 1 aromatic carbocycles. The average molecular weight is 291 g/mol. The number of aliphatic hydroxyl groups excluding tert-OH is 1. The highest BCUT2D eigenvalue weighted by Gasteiger charge is 2.20. The number of hydrogen-bond donors (Lipinski definition) is 2. The van der Waals surface area contributed by atoms with Gasteiger partial charge in [-0.25, -0.2) is 0 Å². The van der Waals surface area contributed by atoms with E-state index in [2.05, 4.69) is 31.3 Å². The van der Waals surface area contributed by atoms with Gasteiger partial charge in [0.25, 0.3) is 0 Å². The lowest BCUT2D eigenvalue weighted by Crippen LogP contribution is -2.33. The van der Waals surface area contributed by atoms with Crippen molar-refractivity contribution < 1.29 is 9.84 Å². The quantitative estimate of drug-likeness (QED) is 0.811. The summed E-state index contributed by atoms with van der Waals surface area (Å²) in [6, 6.07) is 8.33. The van der Waals surface area contributed by atoms with Crippen LogP contribution in [0.25, 0.3) is 0 Å². The zero-order valence-electron chi connectivity index (χ0n) is 13.3. The molecule has 0 bridgehead atoms. The van der Waals surface area contributed by atoms with E-state index in [1.807, 2.05) is 12.1 Å². The number of benzene rings is 1. The van der Waals surface area contributed by atoms with Crippen LogP contribution in [0.1, 0.15) is 43.7 Å². The van der Waals surface area contributed by atoms with Crippen molar-refractivity contribution in [2.75, 3.05) is 13.2 Å². The van der Waals surface area contributed by atoms with Crippen molar-refractivity contribution in [1.82, 2.24) is 5.32 Å². The summed E-state index contributed by atoms with van der Waals surface area (Å²) in [7, 11) is 0. The first kappa shape index (κ1) is 16.5. The Kier molecular flexibility index (Phi) is 6.68. The van der Waals surface area contributed by atoms with Crippen molar-refractivity contribution in [1.29, 1.82) is 0 Å². The van der Waals surface area contributed by atoms with Crippen LogP contribution >= 0.6 is 0 Å². The summed E-state index contributed by atoms with van der Waals surface area (Å²) >= 11 is 0. The van der Waals surface area contributed by atoms with Crippen molar-refractivity contribution in [2.24, 2.45) is 5.92 Å². The van der Waals surface area contributed by atoms with E-state index in [0.29, 0.717) is 19.3 Å². The highest BCUT2D eigenvalue weighted by atomic mass is 16.5. The summed E-state index contributed by atoms with van der Waals surface area (Å²) in [6.07, 6.45) is 4.79. The zero-order valence-corrected chi connectivity index (χ0v) is 13.3. The average Bonchev–Trinajstić information content (AvgIpc) is 2.47. The second-order valence-corrected chi connectivity index (χ2v) is 6.44. The van der Waals surface area contributed by atoms with Crippen LogP contribution in [0.15, 0.2) is 24.3 Å². The van der Waals surface area contributed by atoms with Crippen LogP contribution in [0.2, 0.25) is 0 Å². The topological polar surface area (TPSA) is 41.5 Å². The van der Waals surface area contributed by atoms with Gasteiger partial charge in [-0.3, -0.25) is 0 Å². The maximum atomic E-state index is 10.0. The highest BCUT2D eigenvalue weighted by Crippen LogP contribution is 2.25. The van der Waals surface area contributed by atoms with Crippen molar-refractivity contribution in [3.63, 3.8) is 0 Å². The number of hydrogen-bond acceptors (Lipinski definition) is 3. The van der Waals surface area contributed by atoms with Crippen molar-refractivity contribution in [3.05, 3.63) is 35.4 Å². The number of ether oxygens (including phenoxy) is 1. The van der Waals surface area contributed by atoms with Gasteiger partial charge >= 0.3 is 0 Å². The molecule has 0 heterocycles. The maximum Gasteiger partial charge on any atom is 0.0897 e. The Morgan fingerprint density at radius 1 is 1.33 bits per heavy atom. The van der Waals surface area contributed by atoms with Crippen molar-refractivity contribution >= 4 is 0 Å². The third-order valence-corrected chi connectivity index (χ3v) is 4.37. The molecule has 3 heteroatoms. The Morgan fingerprint density at radius 2 is 2.14 bits per heavy atom. The molecule has 118 valence electrons. The number of nitrogens with one attached hydrogen (secondary N) is 1. The fourth-order valence-electron chi connectivity index (χ4n) is 3.02. The summed E-state index contributed by atoms with van der Waals surface area (Å²) in [5.41, 5.74) is 2.57. The minimum Gasteiger partial charge on any atom is -0.389 e. The first-order chi connectivity index (χ1) is 10.1. The van der Waals surface area contributed by atoms with Crippen LogP contribution in [0, 0.1) is 12.8 Å². The molecule has 21 heavy (non-hydrogen) atoms. The van der Waals surface area contributed by atoms with Gasteiger partial charge in [-0.2, -0.15) is 0 Å². The summed E-state index contributed by atoms with van der Waals surface area (Å²) in [5.74, 6) is 0.764. The van der Waals surface area contributed by atoms with Gasteiger partial charge in [0.1, 0.15) is 0 Å². The van der Waals surface area contributed by atoms with Crippen LogP contribution in [0.5, 0.6) is 0 Å². The Labute approximate surface area is 128 Å². The minimum atomic E-state index is -0.425. The molecule has 3 nitrogen and oxygen atoms in total. The number of rotatable bonds is 7. The molecule has 0 aromatic heterocycles. The predicted molar refractivity (Wildman–Crippen MR) is 86.3 cm³/mol. The molecular weight excluding hydrogens is 262 g/mol. The zero-order chi connectivity index (χ0) is 15.1. The van der Waals surface area contributed by atoms with E-state index in [-0.39, 0.29) is 0 Å². The molecule has 1 aliphatic rings. The van der Waals surface area contributed by atoms with E-state index >= 15 is 0 Å². The molecule has 1 aromatic rings. The lowest BCUT2D eigenvalue weighted by molar-refractivity contribution is -0.0306. The second-order valence-electron chi connectivity index (χ2n) is 6.44. The normalized spacial score (nSPS) is 24.0. The smallest absolute Gasteiger partial charge is 0.0897 e. The lowest BCUT2D eigenvalue weighted by atomic mass is 9.89. The van der Waals surface area contributed by atoms with Gasteiger partial charge in [-0.05, 0) is 36.8 Å². The first-order valence-electron chi connectivity index (χ1n) is 8.20. The van der Waals surface area contributed by atoms with Gasteiger partial charge in [0, 0.05) is 13.1 Å². The summed E-state index contributed by atoms with van der Waals surface area (Å²) in [4.78, 5) is 0. The van der Waals surface area contributed by atoms with Crippen molar-refractivity contribution in [3.8, 4) is 0 Å². The molecular formula is C18H29NO2. The van der Waals surface area contributed by atoms with Gasteiger partial charge in [0.05, 0.1) is 18.8 Å². The standard InChI is InChI=1S/C18H29NO2/c1-14-6-5-9-18(10-14)21-13-17(20)12-19-11-16-8-4-3-7-15(16)2/h3-4,7-8,14,17-20H,5-6,9-13H2,1-2H3. The maximum absolute atomic E-state index is 10.0. The van der Waals surface area contributed by atoms with Crippen LogP contribution in [0.4, 0.5) is 0 Å². The van der Waals surface area contributed by atoms with Gasteiger partial charge in [-0.1, -0.05) is 44.0 Å². The molecule has 3 unspecified atom stereocenters. The van der Waals surface area contributed by atoms with E-state index in [9.17, 15) is 5.11 Å². The van der Waals surface area contributed by atoms with E-state index in [1.165, 1.54) is 24.0 Å². The second kappa shape index (κ2) is 8.52. The Morgan fingerprint density at radius 3 is 2.90 bits per heavy atom. The van der Waals surface area contributed by atoms with Crippen LogP contribution in [-0.4, -0.2) is 30.5 Å². The van der Waals surface area contributed by atoms with Crippen molar-refractivity contribution in [2.45, 2.75) is 58.3 Å². The third-order valence-electron chi connectivity index (χ3n) is 4.37. The van der Waals surface area contributed by atoms with Gasteiger partial charge in [0.15, 0.2) is 0 Å². The van der Waals surface area contributed by atoms with Gasteiger partial charge < -0.3 is 15.2 Å². The van der Waals surface area contributed by atoms with E-state index < -0.39 is 6.10 Å². The lowest BCUT2D eigenvalue weighted by Gasteiger charge is -2.27. The van der Waals surface area contributed by atoms with E-state index in [4.69, 9.17) is 4.74 Å². The molecule has 0 spiro atoms. The molecule has 1 saturated carbocycles. The fourth-order valence-corrected chi connectivity index (χ4v) is 3.02. The molecule has 1 aliphatic carbocycles. The monoisotopic (exact) mass is 291 g/mol. The largest absolute Gasteiger partial charge is 0.389 e. The summed E-state index contributed by atoms with van der Waals surface area (Å²) in [6.45, 7) is 6.22. The summed E-state index contributed by atoms with van der Waals surface area (Å²) < 4.78 is 5.85. The molecule has 2 rings (SSSR count). The molecule has 3 atom stereocenters. The van der Waals surface area contributed by atoms with Gasteiger partial charge in [-0.15, -0.1) is 0 Å². The Bertz CT molecular complexity index is 421. The van der Waals surface area contributed by atoms with Crippen LogP contribution in [0.3, 0.4) is 0 Å². The minimum absolute atomic E-state index is 0.347. The fraction of sp³-hybridized carbons (Fsp3) is 0.667. The predicted octanol–water partition coefficient (Wildman–Crippen LogP) is 3.04. The molecule has 0 aliphatic heterocycles. The molecule has 0 amide bonds. The van der Waals surface area contributed by atoms with E-state index in [1.54, 1.807) is 0 Å². The molecule has 0 radical (unpaired) electrons. The summed E-state index contributed by atoms with van der Waals surface area (Å²) in [5, 5.41) is 13.3. The van der Waals surface area contributed by atoms with Gasteiger partial charge in [0.2, 0.25) is 0 Å². The molecule has 1 fully saturated rings. The first-order valence-corrected chi connectivity index (χ1v) is 8.20. The van der Waals surface area contributed by atoms with Crippen LogP contribution in [-0.2, 0) is 11.3 Å². The highest BCUT2D eigenvalue weighted by molar-refractivity contribution is 5.25. The third kappa shape index (κ3) is 5.77. The molecule has 2 N–H and O–H groups in total. The SMILES string of the molecule is Cc1ccccc1CNCC(O)COC1CCCC(C)C1. The van der Waals surface area contributed by atoms with Crippen LogP contribution < -0.4 is 5.32 Å². The number of aryl methyl sites for hydroxylation is 1. The van der Waals surface area contributed by atoms with E-state index in [0.717, 1.165) is 25.3 Å².